The van der Waals surface area contributed by atoms with Crippen molar-refractivity contribution >= 4 is 29.0 Å². The van der Waals surface area contributed by atoms with Gasteiger partial charge >= 0.3 is 0 Å². The van der Waals surface area contributed by atoms with Gasteiger partial charge in [-0.15, -0.1) is 0 Å². The number of carbonyl (C=O) groups excluding carboxylic acids is 2. The van der Waals surface area contributed by atoms with Crippen LogP contribution in [0, 0.1) is 6.92 Å². The fraction of sp³-hybridized carbons (Fsp3) is 0.429. The van der Waals surface area contributed by atoms with Gasteiger partial charge in [0.1, 0.15) is 11.3 Å². The van der Waals surface area contributed by atoms with Crippen LogP contribution in [0.4, 0.5) is 5.69 Å². The third-order valence-electron chi connectivity index (χ3n) is 7.70. The number of hydrogen-bond acceptors (Lipinski definition) is 7. The zero-order chi connectivity index (χ0) is 24.6. The predicted molar refractivity (Wildman–Crippen MR) is 135 cm³/mol. The molecule has 4 heterocycles. The second-order valence-electron chi connectivity index (χ2n) is 10.1. The molecule has 0 spiro atoms. The van der Waals surface area contributed by atoms with Crippen LogP contribution in [0.2, 0.25) is 0 Å². The Bertz CT molecular complexity index is 1270. The van der Waals surface area contributed by atoms with E-state index in [2.05, 4.69) is 27.0 Å². The van der Waals surface area contributed by atoms with Gasteiger partial charge in [0, 0.05) is 55.3 Å². The molecule has 2 atom stereocenters. The average Bonchev–Trinajstić information content (AvgIpc) is 2.90. The van der Waals surface area contributed by atoms with E-state index in [1.54, 1.807) is 18.5 Å². The van der Waals surface area contributed by atoms with Crippen LogP contribution in [-0.4, -0.2) is 64.6 Å². The normalized spacial score (nSPS) is 25.2. The lowest BCUT2D eigenvalue weighted by atomic mass is 9.91. The number of benzene rings is 2. The van der Waals surface area contributed by atoms with Crippen molar-refractivity contribution in [3.63, 3.8) is 0 Å². The first-order valence-electron chi connectivity index (χ1n) is 12.7. The Hall–Kier alpha value is -3.52. The molecule has 1 saturated carbocycles. The van der Waals surface area contributed by atoms with Crippen molar-refractivity contribution in [2.24, 2.45) is 0 Å². The third-order valence-corrected chi connectivity index (χ3v) is 7.70. The van der Waals surface area contributed by atoms with Gasteiger partial charge in [0.15, 0.2) is 0 Å². The average molecular weight is 487 g/mol. The number of nitrogens with zero attached hydrogens (tertiary/aromatic N) is 4. The molecule has 4 fully saturated rings. The van der Waals surface area contributed by atoms with E-state index in [4.69, 9.17) is 9.47 Å². The lowest BCUT2D eigenvalue weighted by Crippen LogP contribution is -2.57. The maximum absolute atomic E-state index is 13.1. The molecule has 36 heavy (non-hydrogen) atoms. The van der Waals surface area contributed by atoms with Crippen LogP contribution in [0.5, 0.6) is 5.75 Å². The predicted octanol–water partition coefficient (Wildman–Crippen LogP) is 3.90. The van der Waals surface area contributed by atoms with Crippen molar-refractivity contribution in [1.82, 2.24) is 14.9 Å². The van der Waals surface area contributed by atoms with E-state index in [0.717, 1.165) is 60.4 Å². The maximum atomic E-state index is 13.1. The molecular weight excluding hydrogens is 456 g/mol. The Morgan fingerprint density at radius 2 is 1.81 bits per heavy atom. The second-order valence-corrected chi connectivity index (χ2v) is 10.1. The molecule has 186 valence electrons. The van der Waals surface area contributed by atoms with Gasteiger partial charge in [0.05, 0.1) is 23.8 Å². The number of fused-ring (bicyclic) bond motifs is 3. The van der Waals surface area contributed by atoms with Crippen LogP contribution in [0.25, 0.3) is 11.0 Å². The summed E-state index contributed by atoms with van der Waals surface area (Å²) in [6, 6.07) is 11.4. The molecule has 3 aliphatic heterocycles. The molecule has 1 aliphatic carbocycles. The number of aromatic nitrogens is 2. The van der Waals surface area contributed by atoms with Gasteiger partial charge in [0.2, 0.25) is 6.41 Å². The molecule has 0 radical (unpaired) electrons. The van der Waals surface area contributed by atoms with Crippen LogP contribution in [0.1, 0.15) is 48.0 Å². The summed E-state index contributed by atoms with van der Waals surface area (Å²) in [4.78, 5) is 37.8. The van der Waals surface area contributed by atoms with E-state index < -0.39 is 0 Å². The Balaban J connectivity index is 1.16. The van der Waals surface area contributed by atoms with Gasteiger partial charge < -0.3 is 14.4 Å². The number of imide groups is 1. The van der Waals surface area contributed by atoms with Crippen molar-refractivity contribution in [3.05, 3.63) is 59.9 Å². The molecule has 3 aromatic rings. The Labute approximate surface area is 210 Å². The first-order valence-corrected chi connectivity index (χ1v) is 12.7. The zero-order valence-electron chi connectivity index (χ0n) is 20.4. The van der Waals surface area contributed by atoms with Crippen LogP contribution >= 0.6 is 0 Å². The minimum atomic E-state index is -0.231. The molecule has 0 N–H and O–H groups in total. The number of amides is 2. The first kappa shape index (κ1) is 22.9. The summed E-state index contributed by atoms with van der Waals surface area (Å²) in [7, 11) is 0. The topological polar surface area (TPSA) is 84.9 Å². The Kier molecular flexibility index (Phi) is 6.05. The highest BCUT2D eigenvalue weighted by molar-refractivity contribution is 6.01. The van der Waals surface area contributed by atoms with E-state index in [-0.39, 0.29) is 18.1 Å². The van der Waals surface area contributed by atoms with Crippen LogP contribution < -0.4 is 9.64 Å². The number of hydrogen-bond donors (Lipinski definition) is 0. The monoisotopic (exact) mass is 486 g/mol. The number of aryl methyl sites for hydroxylation is 1. The Morgan fingerprint density at radius 3 is 2.53 bits per heavy atom. The summed E-state index contributed by atoms with van der Waals surface area (Å²) < 4.78 is 12.3. The molecule has 8 heteroatoms. The van der Waals surface area contributed by atoms with Gasteiger partial charge in [-0.25, -0.2) is 4.98 Å². The minimum absolute atomic E-state index is 0.0122. The smallest absolute Gasteiger partial charge is 0.260 e. The molecular formula is C28H30N4O4. The third kappa shape index (κ3) is 4.30. The zero-order valence-corrected chi connectivity index (χ0v) is 20.4. The van der Waals surface area contributed by atoms with Crippen LogP contribution in [0.3, 0.4) is 0 Å². The molecule has 8 nitrogen and oxygen atoms in total. The minimum Gasteiger partial charge on any atom is -0.488 e. The highest BCUT2D eigenvalue weighted by Crippen LogP contribution is 2.37. The summed E-state index contributed by atoms with van der Waals surface area (Å²) in [6.45, 7) is 3.65. The Morgan fingerprint density at radius 1 is 1.08 bits per heavy atom. The maximum Gasteiger partial charge on any atom is 0.260 e. The molecule has 3 saturated heterocycles. The first-order chi connectivity index (χ1) is 17.6. The van der Waals surface area contributed by atoms with Gasteiger partial charge in [-0.1, -0.05) is 18.2 Å². The van der Waals surface area contributed by atoms with Crippen molar-refractivity contribution in [1.29, 1.82) is 0 Å². The van der Waals surface area contributed by atoms with Gasteiger partial charge in [-0.3, -0.25) is 19.5 Å². The fourth-order valence-corrected chi connectivity index (χ4v) is 5.74. The van der Waals surface area contributed by atoms with Gasteiger partial charge in [-0.2, -0.15) is 0 Å². The standard InChI is InChI=1S/C28H30N4O4/c1-18-4-2-3-5-24(18)28(34)32(17-33)19-6-8-21(9-7-19)36-26-13-20(12-25-27(26)30-11-10-29-25)31-15-22-14-23(16-31)35-22/h2-5,10-13,17,19,21-23H,6-9,14-16H2,1H3. The number of anilines is 1. The summed E-state index contributed by atoms with van der Waals surface area (Å²) in [5, 5.41) is 0. The largest absolute Gasteiger partial charge is 0.488 e. The number of piperidine rings is 1. The molecule has 1 aromatic heterocycles. The van der Waals surface area contributed by atoms with E-state index >= 15 is 0 Å². The summed E-state index contributed by atoms with van der Waals surface area (Å²) in [5.41, 5.74) is 4.10. The highest BCUT2D eigenvalue weighted by atomic mass is 16.5. The molecule has 2 unspecified atom stereocenters. The van der Waals surface area contributed by atoms with Gasteiger partial charge in [0.25, 0.3) is 5.91 Å². The number of ether oxygens (including phenoxy) is 2. The van der Waals surface area contributed by atoms with Crippen molar-refractivity contribution in [2.75, 3.05) is 18.0 Å². The van der Waals surface area contributed by atoms with E-state index in [9.17, 15) is 9.59 Å². The number of rotatable bonds is 6. The van der Waals surface area contributed by atoms with Crippen molar-refractivity contribution in [3.8, 4) is 5.75 Å². The molecule has 7 rings (SSSR count). The quantitative estimate of drug-likeness (QED) is 0.489. The molecule has 2 aromatic carbocycles. The van der Waals surface area contributed by atoms with E-state index in [1.165, 1.54) is 4.90 Å². The van der Waals surface area contributed by atoms with Crippen LogP contribution in [-0.2, 0) is 9.53 Å². The van der Waals surface area contributed by atoms with Crippen LogP contribution in [0.15, 0.2) is 48.8 Å². The van der Waals surface area contributed by atoms with E-state index in [1.807, 2.05) is 25.1 Å². The number of morpholine rings is 1. The fourth-order valence-electron chi connectivity index (χ4n) is 5.74. The van der Waals surface area contributed by atoms with Crippen molar-refractivity contribution < 1.29 is 19.1 Å². The van der Waals surface area contributed by atoms with E-state index in [0.29, 0.717) is 37.0 Å². The lowest BCUT2D eigenvalue weighted by molar-refractivity contribution is -0.133. The number of carbonyl (C=O) groups is 2. The summed E-state index contributed by atoms with van der Waals surface area (Å²) in [5.74, 6) is 0.507. The molecule has 2 amide bonds. The van der Waals surface area contributed by atoms with Gasteiger partial charge in [-0.05, 0) is 50.3 Å². The lowest BCUT2D eigenvalue weighted by Gasteiger charge is -2.48. The second kappa shape index (κ2) is 9.50. The SMILES string of the molecule is Cc1ccccc1C(=O)N(C=O)C1CCC(Oc2cc(N3CC4CC(C3)O4)cc3nccnc23)CC1. The summed E-state index contributed by atoms with van der Waals surface area (Å²) >= 11 is 0. The summed E-state index contributed by atoms with van der Waals surface area (Å²) in [6.07, 6.45) is 8.74. The molecule has 4 aliphatic rings. The van der Waals surface area contributed by atoms with Crippen molar-refractivity contribution in [2.45, 2.75) is 63.4 Å². The molecule has 2 bridgehead atoms. The highest BCUT2D eigenvalue weighted by Gasteiger charge is 2.38.